The Morgan fingerprint density at radius 3 is 2.71 bits per heavy atom. The third-order valence-electron chi connectivity index (χ3n) is 3.53. The summed E-state index contributed by atoms with van der Waals surface area (Å²) < 4.78 is 0. The number of hydrogen-bond acceptors (Lipinski definition) is 4. The second-order valence-electron chi connectivity index (χ2n) is 4.99. The lowest BCUT2D eigenvalue weighted by Crippen LogP contribution is -2.06. The van der Waals surface area contributed by atoms with E-state index in [1.807, 2.05) is 24.3 Å². The molecule has 0 amide bonds. The van der Waals surface area contributed by atoms with E-state index in [4.69, 9.17) is 0 Å². The number of aldehydes is 2. The minimum Gasteiger partial charge on any atom is -0.353 e. The quantitative estimate of drug-likeness (QED) is 0.722. The van der Waals surface area contributed by atoms with Gasteiger partial charge < -0.3 is 5.32 Å². The molecule has 2 aromatic rings. The van der Waals surface area contributed by atoms with Crippen LogP contribution in [0.2, 0.25) is 0 Å². The zero-order valence-electron chi connectivity index (χ0n) is 11.7. The van der Waals surface area contributed by atoms with Crippen molar-refractivity contribution in [1.82, 2.24) is 0 Å². The van der Waals surface area contributed by atoms with Crippen molar-refractivity contribution in [3.8, 4) is 0 Å². The molecular formula is C17H15NO2S. The molecule has 1 aliphatic rings. The molecule has 3 nitrogen and oxygen atoms in total. The van der Waals surface area contributed by atoms with Crippen molar-refractivity contribution >= 4 is 35.7 Å². The second kappa shape index (κ2) is 5.74. The molecule has 0 fully saturated rings. The molecule has 0 saturated heterocycles. The Hall–Kier alpha value is -2.07. The van der Waals surface area contributed by atoms with Crippen LogP contribution in [0.25, 0.3) is 0 Å². The standard InChI is InChI=1S/C17H15NO2S/c1-2-3-12-5-6-13(10-20)17-16(12)18-14-7-4-11(9-19)8-15(14)21-17/h4-10,18H,2-3H2,1H3. The first-order valence-electron chi connectivity index (χ1n) is 6.92. The largest absolute Gasteiger partial charge is 0.353 e. The molecule has 21 heavy (non-hydrogen) atoms. The van der Waals surface area contributed by atoms with E-state index in [1.54, 1.807) is 17.8 Å². The molecule has 0 aliphatic carbocycles. The lowest BCUT2D eigenvalue weighted by Gasteiger charge is -2.24. The van der Waals surface area contributed by atoms with Gasteiger partial charge in [-0.3, -0.25) is 9.59 Å². The van der Waals surface area contributed by atoms with Crippen LogP contribution >= 0.6 is 11.8 Å². The minimum absolute atomic E-state index is 0.642. The van der Waals surface area contributed by atoms with Crippen molar-refractivity contribution in [2.45, 2.75) is 29.6 Å². The molecule has 1 heterocycles. The third-order valence-corrected chi connectivity index (χ3v) is 4.74. The van der Waals surface area contributed by atoms with Crippen molar-refractivity contribution in [1.29, 1.82) is 0 Å². The number of carbonyl (C=O) groups excluding carboxylic acids is 2. The van der Waals surface area contributed by atoms with Crippen molar-refractivity contribution in [3.63, 3.8) is 0 Å². The summed E-state index contributed by atoms with van der Waals surface area (Å²) in [6.07, 6.45) is 3.75. The van der Waals surface area contributed by atoms with E-state index < -0.39 is 0 Å². The Balaban J connectivity index is 2.12. The van der Waals surface area contributed by atoms with E-state index in [2.05, 4.69) is 12.2 Å². The highest BCUT2D eigenvalue weighted by Gasteiger charge is 2.21. The van der Waals surface area contributed by atoms with Gasteiger partial charge in [-0.05, 0) is 30.2 Å². The Morgan fingerprint density at radius 2 is 2.00 bits per heavy atom. The smallest absolute Gasteiger partial charge is 0.151 e. The van der Waals surface area contributed by atoms with E-state index >= 15 is 0 Å². The molecule has 0 radical (unpaired) electrons. The number of rotatable bonds is 4. The summed E-state index contributed by atoms with van der Waals surface area (Å²) in [5, 5.41) is 3.42. The number of carbonyl (C=O) groups is 2. The predicted octanol–water partition coefficient (Wildman–Crippen LogP) is 4.47. The fraction of sp³-hybridized carbons (Fsp3) is 0.176. The molecule has 3 rings (SSSR count). The van der Waals surface area contributed by atoms with Gasteiger partial charge in [-0.15, -0.1) is 0 Å². The van der Waals surface area contributed by atoms with Gasteiger partial charge in [-0.1, -0.05) is 37.2 Å². The van der Waals surface area contributed by atoms with Crippen LogP contribution in [0.15, 0.2) is 40.1 Å². The monoisotopic (exact) mass is 297 g/mol. The first-order chi connectivity index (χ1) is 10.3. The molecule has 1 aliphatic heterocycles. The lowest BCUT2D eigenvalue weighted by atomic mass is 10.0. The van der Waals surface area contributed by atoms with Crippen LogP contribution in [-0.4, -0.2) is 12.6 Å². The first kappa shape index (κ1) is 13.9. The van der Waals surface area contributed by atoms with Crippen LogP contribution in [0.5, 0.6) is 0 Å². The van der Waals surface area contributed by atoms with Crippen LogP contribution in [0.3, 0.4) is 0 Å². The van der Waals surface area contributed by atoms with Gasteiger partial charge in [0.05, 0.1) is 11.4 Å². The molecule has 0 bridgehead atoms. The number of fused-ring (bicyclic) bond motifs is 2. The lowest BCUT2D eigenvalue weighted by molar-refractivity contribution is 0.111. The van der Waals surface area contributed by atoms with Crippen LogP contribution in [-0.2, 0) is 6.42 Å². The summed E-state index contributed by atoms with van der Waals surface area (Å²) in [5.41, 5.74) is 4.56. The van der Waals surface area contributed by atoms with Gasteiger partial charge in [0.2, 0.25) is 0 Å². The van der Waals surface area contributed by atoms with E-state index in [-0.39, 0.29) is 0 Å². The Labute approximate surface area is 127 Å². The van der Waals surface area contributed by atoms with Gasteiger partial charge in [0.25, 0.3) is 0 Å². The molecule has 0 atom stereocenters. The highest BCUT2D eigenvalue weighted by Crippen LogP contribution is 2.47. The average Bonchev–Trinajstić information content (AvgIpc) is 2.53. The Bertz CT molecular complexity index is 725. The fourth-order valence-electron chi connectivity index (χ4n) is 2.50. The van der Waals surface area contributed by atoms with Gasteiger partial charge in [-0.2, -0.15) is 0 Å². The molecule has 0 spiro atoms. The van der Waals surface area contributed by atoms with E-state index in [9.17, 15) is 9.59 Å². The number of hydrogen-bond donors (Lipinski definition) is 1. The van der Waals surface area contributed by atoms with Gasteiger partial charge in [0.1, 0.15) is 6.29 Å². The summed E-state index contributed by atoms with van der Waals surface area (Å²) in [7, 11) is 0. The first-order valence-corrected chi connectivity index (χ1v) is 7.73. The SMILES string of the molecule is CCCc1ccc(C=O)c2c1Nc1ccc(C=O)cc1S2. The van der Waals surface area contributed by atoms with Gasteiger partial charge in [-0.25, -0.2) is 0 Å². The van der Waals surface area contributed by atoms with Crippen LogP contribution < -0.4 is 5.32 Å². The van der Waals surface area contributed by atoms with Crippen molar-refractivity contribution < 1.29 is 9.59 Å². The predicted molar refractivity (Wildman–Crippen MR) is 85.1 cm³/mol. The summed E-state index contributed by atoms with van der Waals surface area (Å²) in [4.78, 5) is 24.1. The normalized spacial score (nSPS) is 12.0. The molecule has 2 aromatic carbocycles. The number of benzene rings is 2. The van der Waals surface area contributed by atoms with E-state index in [1.165, 1.54) is 5.56 Å². The molecule has 0 aromatic heterocycles. The average molecular weight is 297 g/mol. The van der Waals surface area contributed by atoms with Gasteiger partial charge in [0.15, 0.2) is 6.29 Å². The summed E-state index contributed by atoms with van der Waals surface area (Å²) >= 11 is 1.55. The molecule has 1 N–H and O–H groups in total. The molecule has 106 valence electrons. The van der Waals surface area contributed by atoms with Crippen molar-refractivity contribution in [2.24, 2.45) is 0 Å². The van der Waals surface area contributed by atoms with E-state index in [0.717, 1.165) is 46.6 Å². The zero-order valence-corrected chi connectivity index (χ0v) is 12.5. The summed E-state index contributed by atoms with van der Waals surface area (Å²) in [5.74, 6) is 0. The maximum Gasteiger partial charge on any atom is 0.151 e. The Morgan fingerprint density at radius 1 is 1.14 bits per heavy atom. The highest BCUT2D eigenvalue weighted by molar-refractivity contribution is 7.99. The van der Waals surface area contributed by atoms with Crippen LogP contribution in [0.1, 0.15) is 39.6 Å². The summed E-state index contributed by atoms with van der Waals surface area (Å²) in [6, 6.07) is 9.46. The zero-order chi connectivity index (χ0) is 14.8. The summed E-state index contributed by atoms with van der Waals surface area (Å²) in [6.45, 7) is 2.14. The van der Waals surface area contributed by atoms with Gasteiger partial charge >= 0.3 is 0 Å². The maximum absolute atomic E-state index is 11.3. The van der Waals surface area contributed by atoms with Crippen LogP contribution in [0, 0.1) is 0 Å². The number of anilines is 2. The third kappa shape index (κ3) is 2.47. The molecule has 4 heteroatoms. The van der Waals surface area contributed by atoms with E-state index in [0.29, 0.717) is 11.1 Å². The maximum atomic E-state index is 11.3. The molecular weight excluding hydrogens is 282 g/mol. The number of nitrogens with one attached hydrogen (secondary N) is 1. The molecule has 0 saturated carbocycles. The minimum atomic E-state index is 0.642. The van der Waals surface area contributed by atoms with Crippen molar-refractivity contribution in [2.75, 3.05) is 5.32 Å². The molecule has 0 unspecified atom stereocenters. The number of aryl methyl sites for hydroxylation is 1. The second-order valence-corrected chi connectivity index (χ2v) is 6.04. The highest BCUT2D eigenvalue weighted by atomic mass is 32.2. The Kier molecular flexibility index (Phi) is 3.80. The van der Waals surface area contributed by atoms with Crippen LogP contribution in [0.4, 0.5) is 11.4 Å². The topological polar surface area (TPSA) is 46.2 Å². The van der Waals surface area contributed by atoms with Crippen molar-refractivity contribution in [3.05, 3.63) is 47.0 Å². The van der Waals surface area contributed by atoms with Gasteiger partial charge in [0, 0.05) is 20.9 Å². The fourth-order valence-corrected chi connectivity index (χ4v) is 3.66.